The molecule has 2 N–H and O–H groups in total. The van der Waals surface area contributed by atoms with E-state index in [2.05, 4.69) is 36.2 Å². The fourth-order valence-electron chi connectivity index (χ4n) is 2.11. The first-order valence-electron chi connectivity index (χ1n) is 6.88. The van der Waals surface area contributed by atoms with E-state index in [1.54, 1.807) is 0 Å². The number of hydrogen-bond acceptors (Lipinski definition) is 3. The summed E-state index contributed by atoms with van der Waals surface area (Å²) in [7, 11) is 2.12. The van der Waals surface area contributed by atoms with Crippen LogP contribution in [0.5, 0.6) is 0 Å². The summed E-state index contributed by atoms with van der Waals surface area (Å²) in [5, 5.41) is 0. The second-order valence-electron chi connectivity index (χ2n) is 5.11. The van der Waals surface area contributed by atoms with Crippen molar-refractivity contribution in [1.29, 1.82) is 0 Å². The maximum Gasteiger partial charge on any atom is 0.0641 e. The molecule has 1 aliphatic carbocycles. The number of benzene rings is 1. The number of anilines is 1. The zero-order chi connectivity index (χ0) is 12.8. The Morgan fingerprint density at radius 3 is 2.83 bits per heavy atom. The quantitative estimate of drug-likeness (QED) is 0.716. The summed E-state index contributed by atoms with van der Waals surface area (Å²) in [6.45, 7) is 3.39. The Labute approximate surface area is 110 Å². The maximum atomic E-state index is 5.68. The van der Waals surface area contributed by atoms with Gasteiger partial charge in [0.25, 0.3) is 0 Å². The average Bonchev–Trinajstić information content (AvgIpc) is 3.19. The van der Waals surface area contributed by atoms with Crippen molar-refractivity contribution < 1.29 is 4.74 Å². The first-order valence-corrected chi connectivity index (χ1v) is 6.88. The van der Waals surface area contributed by atoms with E-state index in [0.717, 1.165) is 32.1 Å². The van der Waals surface area contributed by atoms with Crippen molar-refractivity contribution in [2.45, 2.75) is 19.3 Å². The third kappa shape index (κ3) is 4.00. The molecule has 0 radical (unpaired) electrons. The minimum absolute atomic E-state index is 0.697. The molecule has 100 valence electrons. The highest BCUT2D eigenvalue weighted by Crippen LogP contribution is 2.28. The molecule has 0 spiro atoms. The predicted molar refractivity (Wildman–Crippen MR) is 76.0 cm³/mol. The normalized spacial score (nSPS) is 14.8. The molecule has 0 aromatic heterocycles. The summed E-state index contributed by atoms with van der Waals surface area (Å²) >= 11 is 0. The monoisotopic (exact) mass is 248 g/mol. The molecule has 1 fully saturated rings. The van der Waals surface area contributed by atoms with Crippen molar-refractivity contribution in [2.75, 3.05) is 38.3 Å². The summed E-state index contributed by atoms with van der Waals surface area (Å²) in [4.78, 5) is 2.26. The first kappa shape index (κ1) is 13.4. The van der Waals surface area contributed by atoms with Crippen LogP contribution in [0.2, 0.25) is 0 Å². The van der Waals surface area contributed by atoms with Crippen LogP contribution in [0, 0.1) is 5.92 Å². The molecule has 0 atom stereocenters. The number of rotatable bonds is 8. The van der Waals surface area contributed by atoms with Gasteiger partial charge in [-0.05, 0) is 43.4 Å². The second-order valence-corrected chi connectivity index (χ2v) is 5.11. The van der Waals surface area contributed by atoms with E-state index in [-0.39, 0.29) is 0 Å². The van der Waals surface area contributed by atoms with Gasteiger partial charge in [-0.3, -0.25) is 0 Å². The van der Waals surface area contributed by atoms with Gasteiger partial charge >= 0.3 is 0 Å². The lowest BCUT2D eigenvalue weighted by Crippen LogP contribution is -2.24. The fourth-order valence-corrected chi connectivity index (χ4v) is 2.11. The Kier molecular flexibility index (Phi) is 5.02. The van der Waals surface area contributed by atoms with E-state index in [4.69, 9.17) is 10.5 Å². The Hall–Kier alpha value is -1.06. The van der Waals surface area contributed by atoms with Crippen LogP contribution in [0.3, 0.4) is 0 Å². The van der Waals surface area contributed by atoms with Crippen LogP contribution in [-0.2, 0) is 11.2 Å². The lowest BCUT2D eigenvalue weighted by Gasteiger charge is -2.22. The second kappa shape index (κ2) is 6.76. The smallest absolute Gasteiger partial charge is 0.0641 e. The summed E-state index contributed by atoms with van der Waals surface area (Å²) in [5.41, 5.74) is 8.25. The zero-order valence-electron chi connectivity index (χ0n) is 11.3. The van der Waals surface area contributed by atoms with Crippen molar-refractivity contribution in [3.8, 4) is 0 Å². The third-order valence-corrected chi connectivity index (χ3v) is 3.44. The zero-order valence-corrected chi connectivity index (χ0v) is 11.3. The molecule has 0 unspecified atom stereocenters. The number of ether oxygens (including phenoxy) is 1. The molecule has 18 heavy (non-hydrogen) atoms. The summed E-state index contributed by atoms with van der Waals surface area (Å²) in [6.07, 6.45) is 3.65. The Balaban J connectivity index is 1.80. The van der Waals surface area contributed by atoms with E-state index < -0.39 is 0 Å². The van der Waals surface area contributed by atoms with Crippen LogP contribution in [0.25, 0.3) is 0 Å². The Morgan fingerprint density at radius 1 is 1.33 bits per heavy atom. The molecular weight excluding hydrogens is 224 g/mol. The number of para-hydroxylation sites is 1. The summed E-state index contributed by atoms with van der Waals surface area (Å²) in [5.74, 6) is 0.847. The number of nitrogens with two attached hydrogens (primary N) is 1. The van der Waals surface area contributed by atoms with Crippen LogP contribution in [0.4, 0.5) is 5.69 Å². The van der Waals surface area contributed by atoms with Gasteiger partial charge in [-0.15, -0.1) is 0 Å². The standard InChI is InChI=1S/C15H24N2O/c1-17(10-11-18-12-13-6-7-13)15-5-3-2-4-14(15)8-9-16/h2-5,13H,6-12,16H2,1H3. The molecule has 0 saturated heterocycles. The van der Waals surface area contributed by atoms with Crippen LogP contribution >= 0.6 is 0 Å². The highest BCUT2D eigenvalue weighted by Gasteiger charge is 2.21. The number of nitrogens with zero attached hydrogens (tertiary/aromatic N) is 1. The lowest BCUT2D eigenvalue weighted by atomic mass is 10.1. The predicted octanol–water partition coefficient (Wildman–Crippen LogP) is 2.05. The molecule has 3 nitrogen and oxygen atoms in total. The van der Waals surface area contributed by atoms with Gasteiger partial charge in [0.05, 0.1) is 6.61 Å². The van der Waals surface area contributed by atoms with E-state index in [1.807, 2.05) is 0 Å². The highest BCUT2D eigenvalue weighted by atomic mass is 16.5. The molecule has 1 saturated carbocycles. The topological polar surface area (TPSA) is 38.5 Å². The molecular formula is C15H24N2O. The molecule has 1 aromatic carbocycles. The fraction of sp³-hybridized carbons (Fsp3) is 0.600. The van der Waals surface area contributed by atoms with E-state index in [9.17, 15) is 0 Å². The Bertz CT molecular complexity index is 363. The van der Waals surface area contributed by atoms with Gasteiger partial charge in [0.1, 0.15) is 0 Å². The van der Waals surface area contributed by atoms with E-state index in [1.165, 1.54) is 24.1 Å². The van der Waals surface area contributed by atoms with Crippen molar-refractivity contribution in [1.82, 2.24) is 0 Å². The molecule has 1 aromatic rings. The van der Waals surface area contributed by atoms with Crippen LogP contribution in [-0.4, -0.2) is 33.4 Å². The molecule has 3 heteroatoms. The van der Waals surface area contributed by atoms with Crippen molar-refractivity contribution in [3.63, 3.8) is 0 Å². The van der Waals surface area contributed by atoms with Gasteiger partial charge in [0, 0.05) is 25.9 Å². The average molecular weight is 248 g/mol. The largest absolute Gasteiger partial charge is 0.379 e. The molecule has 0 aliphatic heterocycles. The van der Waals surface area contributed by atoms with Gasteiger partial charge in [-0.1, -0.05) is 18.2 Å². The van der Waals surface area contributed by atoms with Crippen molar-refractivity contribution in [3.05, 3.63) is 29.8 Å². The van der Waals surface area contributed by atoms with Gasteiger partial charge in [0.2, 0.25) is 0 Å². The van der Waals surface area contributed by atoms with Crippen LogP contribution < -0.4 is 10.6 Å². The van der Waals surface area contributed by atoms with Crippen LogP contribution in [0.15, 0.2) is 24.3 Å². The van der Waals surface area contributed by atoms with E-state index in [0.29, 0.717) is 6.54 Å². The van der Waals surface area contributed by atoms with Gasteiger partial charge < -0.3 is 15.4 Å². The molecule has 0 amide bonds. The Morgan fingerprint density at radius 2 is 2.11 bits per heavy atom. The summed E-state index contributed by atoms with van der Waals surface area (Å²) in [6, 6.07) is 8.47. The molecule has 0 bridgehead atoms. The third-order valence-electron chi connectivity index (χ3n) is 3.44. The maximum absolute atomic E-state index is 5.68. The van der Waals surface area contributed by atoms with Gasteiger partial charge in [-0.25, -0.2) is 0 Å². The van der Waals surface area contributed by atoms with Crippen molar-refractivity contribution >= 4 is 5.69 Å². The number of hydrogen-bond donors (Lipinski definition) is 1. The molecule has 0 heterocycles. The molecule has 2 rings (SSSR count). The lowest BCUT2D eigenvalue weighted by molar-refractivity contribution is 0.131. The molecule has 1 aliphatic rings. The highest BCUT2D eigenvalue weighted by molar-refractivity contribution is 5.53. The minimum atomic E-state index is 0.697. The van der Waals surface area contributed by atoms with Gasteiger partial charge in [0.15, 0.2) is 0 Å². The first-order chi connectivity index (χ1) is 8.81. The van der Waals surface area contributed by atoms with E-state index >= 15 is 0 Å². The SMILES string of the molecule is CN(CCOCC1CC1)c1ccccc1CCN. The minimum Gasteiger partial charge on any atom is -0.379 e. The van der Waals surface area contributed by atoms with Crippen molar-refractivity contribution in [2.24, 2.45) is 11.7 Å². The van der Waals surface area contributed by atoms with Gasteiger partial charge in [-0.2, -0.15) is 0 Å². The van der Waals surface area contributed by atoms with Crippen LogP contribution in [0.1, 0.15) is 18.4 Å². The number of likely N-dealkylation sites (N-methyl/N-ethyl adjacent to an activating group) is 1. The summed E-state index contributed by atoms with van der Waals surface area (Å²) < 4.78 is 5.68.